The molecule has 6 nitrogen and oxygen atoms in total. The Hall–Kier alpha value is -2.65. The quantitative estimate of drug-likeness (QED) is 0.483. The third-order valence-electron chi connectivity index (χ3n) is 2.37. The number of benzene rings is 1. The van der Waals surface area contributed by atoms with Crippen molar-refractivity contribution < 1.29 is 31.6 Å². The summed E-state index contributed by atoms with van der Waals surface area (Å²) in [6.07, 6.45) is 0. The van der Waals surface area contributed by atoms with Crippen LogP contribution in [-0.4, -0.2) is 11.2 Å². The number of hydrogen-bond acceptors (Lipinski definition) is 3. The van der Waals surface area contributed by atoms with Gasteiger partial charge in [0.25, 0.3) is 0 Å². The summed E-state index contributed by atoms with van der Waals surface area (Å²) in [6, 6.07) is -0.00895. The molecule has 0 saturated carbocycles. The Labute approximate surface area is 107 Å². The van der Waals surface area contributed by atoms with Crippen LogP contribution in [0.15, 0.2) is 15.4 Å². The van der Waals surface area contributed by atoms with E-state index in [0.717, 1.165) is 4.68 Å². The molecule has 2 rings (SSSR count). The number of amides is 1. The van der Waals surface area contributed by atoms with Crippen molar-refractivity contribution in [2.75, 3.05) is 5.32 Å². The fourth-order valence-corrected chi connectivity index (χ4v) is 1.44. The van der Waals surface area contributed by atoms with Crippen LogP contribution in [0.5, 0.6) is 0 Å². The zero-order valence-electron chi connectivity index (χ0n) is 9.76. The van der Waals surface area contributed by atoms with E-state index >= 15 is 0 Å². The first-order valence-electron chi connectivity index (χ1n) is 5.04. The van der Waals surface area contributed by atoms with Gasteiger partial charge in [-0.3, -0.25) is 9.32 Å². The van der Waals surface area contributed by atoms with E-state index in [2.05, 4.69) is 4.52 Å². The van der Waals surface area contributed by atoms with Gasteiger partial charge in [0.2, 0.25) is 0 Å². The lowest BCUT2D eigenvalue weighted by Crippen LogP contribution is -2.41. The van der Waals surface area contributed by atoms with Crippen LogP contribution in [0.2, 0.25) is 0 Å². The van der Waals surface area contributed by atoms with Gasteiger partial charge in [0.15, 0.2) is 30.3 Å². The highest BCUT2D eigenvalue weighted by atomic mass is 19.2. The average Bonchev–Trinajstić information content (AvgIpc) is 2.72. The van der Waals surface area contributed by atoms with Crippen LogP contribution in [0.25, 0.3) is 0 Å². The standard InChI is InChI=1S/C10H5F4N3O3/c1-17-8(10(19)20-16-17)9(18)15-7-5(13)3(11)2-4(12)6(7)14/h2H,1H3,(H-,15,16,18,19)/p+1. The summed E-state index contributed by atoms with van der Waals surface area (Å²) < 4.78 is 57.6. The number of rotatable bonds is 2. The van der Waals surface area contributed by atoms with Gasteiger partial charge in [0.1, 0.15) is 5.69 Å². The fourth-order valence-electron chi connectivity index (χ4n) is 1.44. The lowest BCUT2D eigenvalue weighted by Gasteiger charge is -2.06. The van der Waals surface area contributed by atoms with Gasteiger partial charge in [-0.25, -0.2) is 22.4 Å². The topological polar surface area (TPSA) is 79.0 Å². The van der Waals surface area contributed by atoms with Crippen molar-refractivity contribution in [2.45, 2.75) is 0 Å². The first-order valence-corrected chi connectivity index (χ1v) is 5.04. The molecule has 0 aliphatic heterocycles. The lowest BCUT2D eigenvalue weighted by atomic mass is 10.2. The van der Waals surface area contributed by atoms with E-state index in [-0.39, 0.29) is 6.07 Å². The number of H-pyrrole nitrogens is 1. The summed E-state index contributed by atoms with van der Waals surface area (Å²) in [5.74, 6) is -8.26. The van der Waals surface area contributed by atoms with E-state index in [4.69, 9.17) is 0 Å². The van der Waals surface area contributed by atoms with Gasteiger partial charge in [0, 0.05) is 6.07 Å². The highest BCUT2D eigenvalue weighted by molar-refractivity contribution is 6.01. The Balaban J connectivity index is 2.46. The molecule has 0 aliphatic carbocycles. The average molecular weight is 292 g/mol. The number of anilines is 1. The Morgan fingerprint density at radius 2 is 1.80 bits per heavy atom. The number of hydrogen-bond donors (Lipinski definition) is 2. The first-order chi connectivity index (χ1) is 9.32. The minimum absolute atomic E-state index is 0.00895. The van der Waals surface area contributed by atoms with Crippen LogP contribution in [0.3, 0.4) is 0 Å². The van der Waals surface area contributed by atoms with E-state index in [0.29, 0.717) is 0 Å². The molecule has 10 heteroatoms. The van der Waals surface area contributed by atoms with E-state index in [1.54, 1.807) is 5.32 Å². The molecule has 0 radical (unpaired) electrons. The highest BCUT2D eigenvalue weighted by Crippen LogP contribution is 2.24. The monoisotopic (exact) mass is 292 g/mol. The number of aromatic nitrogens is 2. The summed E-state index contributed by atoms with van der Waals surface area (Å²) in [5.41, 5.74) is -3.11. The molecular weight excluding hydrogens is 286 g/mol. The molecule has 0 atom stereocenters. The van der Waals surface area contributed by atoms with Crippen molar-refractivity contribution in [2.24, 2.45) is 7.05 Å². The molecule has 0 unspecified atom stereocenters. The van der Waals surface area contributed by atoms with Crippen molar-refractivity contribution in [1.29, 1.82) is 0 Å². The number of aryl methyl sites for hydroxylation is 1. The molecule has 1 amide bonds. The van der Waals surface area contributed by atoms with Crippen molar-refractivity contribution in [3.63, 3.8) is 0 Å². The summed E-state index contributed by atoms with van der Waals surface area (Å²) >= 11 is 0. The Bertz CT molecular complexity index is 727. The van der Waals surface area contributed by atoms with Gasteiger partial charge in [-0.05, 0) is 5.27 Å². The second-order valence-corrected chi connectivity index (χ2v) is 3.69. The maximum Gasteiger partial charge on any atom is 0.440 e. The lowest BCUT2D eigenvalue weighted by molar-refractivity contribution is -0.741. The third kappa shape index (κ3) is 2.15. The predicted molar refractivity (Wildman–Crippen MR) is 54.7 cm³/mol. The number of carbonyl (C=O) groups excluding carboxylic acids is 1. The number of nitrogens with zero attached hydrogens (tertiary/aromatic N) is 1. The van der Waals surface area contributed by atoms with Crippen LogP contribution < -0.4 is 15.6 Å². The van der Waals surface area contributed by atoms with Crippen LogP contribution in [-0.2, 0) is 7.05 Å². The molecule has 20 heavy (non-hydrogen) atoms. The number of halogens is 4. The Morgan fingerprint density at radius 1 is 1.25 bits per heavy atom. The van der Waals surface area contributed by atoms with Gasteiger partial charge in [-0.1, -0.05) is 4.68 Å². The number of aromatic amines is 1. The molecule has 0 spiro atoms. The molecule has 0 saturated heterocycles. The second kappa shape index (κ2) is 4.79. The van der Waals surface area contributed by atoms with Crippen LogP contribution in [0, 0.1) is 23.3 Å². The van der Waals surface area contributed by atoms with Crippen LogP contribution >= 0.6 is 0 Å². The zero-order valence-corrected chi connectivity index (χ0v) is 9.76. The summed E-state index contributed by atoms with van der Waals surface area (Å²) in [5, 5.41) is 3.56. The highest BCUT2D eigenvalue weighted by Gasteiger charge is 2.29. The molecule has 0 bridgehead atoms. The summed E-state index contributed by atoms with van der Waals surface area (Å²) in [7, 11) is 1.21. The Kier molecular flexibility index (Phi) is 3.30. The number of carbonyl (C=O) groups is 1. The largest absolute Gasteiger partial charge is 0.440 e. The summed E-state index contributed by atoms with van der Waals surface area (Å²) in [6.45, 7) is 0. The second-order valence-electron chi connectivity index (χ2n) is 3.69. The van der Waals surface area contributed by atoms with Crippen molar-refractivity contribution >= 4 is 11.6 Å². The minimum atomic E-state index is -1.79. The van der Waals surface area contributed by atoms with Gasteiger partial charge >= 0.3 is 17.2 Å². The maximum absolute atomic E-state index is 13.3. The molecule has 1 aromatic heterocycles. The van der Waals surface area contributed by atoms with Crippen molar-refractivity contribution in [1.82, 2.24) is 5.27 Å². The van der Waals surface area contributed by atoms with Gasteiger partial charge in [0.05, 0.1) is 0 Å². The molecule has 0 aliphatic rings. The number of nitrogens with one attached hydrogen (secondary N) is 2. The van der Waals surface area contributed by atoms with Gasteiger partial charge < -0.3 is 5.32 Å². The van der Waals surface area contributed by atoms with Crippen LogP contribution in [0.4, 0.5) is 23.2 Å². The normalized spacial score (nSPS) is 10.7. The molecule has 1 aromatic carbocycles. The molecule has 0 fully saturated rings. The zero-order chi connectivity index (χ0) is 15.0. The van der Waals surface area contributed by atoms with Gasteiger partial charge in [-0.2, -0.15) is 0 Å². The van der Waals surface area contributed by atoms with E-state index in [1.165, 1.54) is 7.05 Å². The van der Waals surface area contributed by atoms with E-state index < -0.39 is 46.2 Å². The van der Waals surface area contributed by atoms with Gasteiger partial charge in [-0.15, -0.1) is 0 Å². The molecule has 2 N–H and O–H groups in total. The summed E-state index contributed by atoms with van der Waals surface area (Å²) in [4.78, 5) is 22.8. The fraction of sp³-hybridized carbons (Fsp3) is 0.100. The van der Waals surface area contributed by atoms with Crippen molar-refractivity contribution in [3.8, 4) is 0 Å². The predicted octanol–water partition coefficient (Wildman–Crippen LogP) is 0.601. The molecule has 106 valence electrons. The SMILES string of the molecule is C[n+]1[nH]oc(=O)c1C(=O)Nc1c(F)c(F)cc(F)c1F. The third-order valence-corrected chi connectivity index (χ3v) is 2.37. The maximum atomic E-state index is 13.3. The molecular formula is C10H6F4N3O3+. The molecule has 2 aromatic rings. The van der Waals surface area contributed by atoms with Crippen LogP contribution in [0.1, 0.15) is 10.5 Å². The smallest absolute Gasteiger partial charge is 0.311 e. The minimum Gasteiger partial charge on any atom is -0.311 e. The Morgan fingerprint density at radius 3 is 2.25 bits per heavy atom. The van der Waals surface area contributed by atoms with Crippen molar-refractivity contribution in [3.05, 3.63) is 45.4 Å². The first kappa shape index (κ1) is 13.8. The van der Waals surface area contributed by atoms with E-state index in [1.807, 2.05) is 5.27 Å². The molecule has 1 heterocycles. The van der Waals surface area contributed by atoms with E-state index in [9.17, 15) is 27.2 Å².